The molecular formula is C13H24BrNO2. The first-order valence-electron chi connectivity index (χ1n) is 6.44. The summed E-state index contributed by atoms with van der Waals surface area (Å²) in [6.07, 6.45) is 4.10. The number of hydrogen-bond acceptors (Lipinski definition) is 2. The summed E-state index contributed by atoms with van der Waals surface area (Å²) in [5.74, 6) is 0.0567. The van der Waals surface area contributed by atoms with Crippen molar-refractivity contribution in [2.24, 2.45) is 5.41 Å². The van der Waals surface area contributed by atoms with Gasteiger partial charge in [0.2, 0.25) is 5.91 Å². The Morgan fingerprint density at radius 3 is 2.71 bits per heavy atom. The molecule has 3 nitrogen and oxygen atoms in total. The number of ether oxygens (including phenoxy) is 1. The first kappa shape index (κ1) is 15.0. The first-order chi connectivity index (χ1) is 7.94. The molecule has 0 saturated carbocycles. The number of alkyl halides is 1. The van der Waals surface area contributed by atoms with Gasteiger partial charge in [0.15, 0.2) is 0 Å². The molecule has 0 aliphatic carbocycles. The van der Waals surface area contributed by atoms with Gasteiger partial charge in [0.25, 0.3) is 0 Å². The second-order valence-electron chi connectivity index (χ2n) is 5.69. The van der Waals surface area contributed by atoms with Crippen LogP contribution in [0.2, 0.25) is 0 Å². The van der Waals surface area contributed by atoms with Crippen LogP contribution in [0.1, 0.15) is 46.5 Å². The highest BCUT2D eigenvalue weighted by Crippen LogP contribution is 2.23. The van der Waals surface area contributed by atoms with E-state index in [1.165, 1.54) is 0 Å². The van der Waals surface area contributed by atoms with Gasteiger partial charge >= 0.3 is 0 Å². The second kappa shape index (κ2) is 6.74. The van der Waals surface area contributed by atoms with E-state index in [-0.39, 0.29) is 23.5 Å². The van der Waals surface area contributed by atoms with Gasteiger partial charge in [-0.2, -0.15) is 0 Å². The average molecular weight is 306 g/mol. The SMILES string of the molecule is CC1CCC(C(=O)NCC(C)(C)CCCBr)O1. The summed E-state index contributed by atoms with van der Waals surface area (Å²) >= 11 is 3.44. The Morgan fingerprint density at radius 2 is 2.18 bits per heavy atom. The highest BCUT2D eigenvalue weighted by molar-refractivity contribution is 9.09. The Bertz CT molecular complexity index is 256. The average Bonchev–Trinajstić information content (AvgIpc) is 2.70. The van der Waals surface area contributed by atoms with Crippen molar-refractivity contribution in [1.82, 2.24) is 5.32 Å². The largest absolute Gasteiger partial charge is 0.365 e. The molecule has 1 amide bonds. The minimum atomic E-state index is -0.225. The molecule has 1 fully saturated rings. The van der Waals surface area contributed by atoms with Crippen molar-refractivity contribution in [3.8, 4) is 0 Å². The summed E-state index contributed by atoms with van der Waals surface area (Å²) in [7, 11) is 0. The third kappa shape index (κ3) is 5.38. The standard InChI is InChI=1S/C13H24BrNO2/c1-10-5-6-11(17-10)12(16)15-9-13(2,3)7-4-8-14/h10-11H,4-9H2,1-3H3,(H,15,16). The number of halogens is 1. The lowest BCUT2D eigenvalue weighted by atomic mass is 9.88. The Balaban J connectivity index is 2.27. The Hall–Kier alpha value is -0.0900. The maximum Gasteiger partial charge on any atom is 0.249 e. The van der Waals surface area contributed by atoms with Crippen LogP contribution >= 0.6 is 15.9 Å². The third-order valence-corrected chi connectivity index (χ3v) is 3.81. The van der Waals surface area contributed by atoms with E-state index in [0.717, 1.165) is 37.6 Å². The first-order valence-corrected chi connectivity index (χ1v) is 7.56. The number of amides is 1. The lowest BCUT2D eigenvalue weighted by Gasteiger charge is -2.25. The molecule has 2 unspecified atom stereocenters. The minimum absolute atomic E-state index is 0.0567. The molecule has 1 rings (SSSR count). The molecule has 0 radical (unpaired) electrons. The van der Waals surface area contributed by atoms with Crippen molar-refractivity contribution in [2.75, 3.05) is 11.9 Å². The zero-order valence-corrected chi connectivity index (χ0v) is 12.7. The molecule has 0 spiro atoms. The molecule has 17 heavy (non-hydrogen) atoms. The van der Waals surface area contributed by atoms with Crippen molar-refractivity contribution in [3.63, 3.8) is 0 Å². The summed E-state index contributed by atoms with van der Waals surface area (Å²) < 4.78 is 5.55. The van der Waals surface area contributed by atoms with Gasteiger partial charge in [-0.1, -0.05) is 29.8 Å². The van der Waals surface area contributed by atoms with Crippen LogP contribution in [0.25, 0.3) is 0 Å². The van der Waals surface area contributed by atoms with E-state index in [9.17, 15) is 4.79 Å². The van der Waals surface area contributed by atoms with E-state index in [2.05, 4.69) is 35.1 Å². The Labute approximate surface area is 113 Å². The van der Waals surface area contributed by atoms with Crippen molar-refractivity contribution in [2.45, 2.75) is 58.7 Å². The van der Waals surface area contributed by atoms with E-state index in [4.69, 9.17) is 4.74 Å². The molecule has 1 N–H and O–H groups in total. The van der Waals surface area contributed by atoms with Gasteiger partial charge in [-0.3, -0.25) is 4.79 Å². The van der Waals surface area contributed by atoms with E-state index >= 15 is 0 Å². The fourth-order valence-electron chi connectivity index (χ4n) is 2.07. The van der Waals surface area contributed by atoms with Crippen molar-refractivity contribution < 1.29 is 9.53 Å². The van der Waals surface area contributed by atoms with Crippen LogP contribution in [-0.2, 0) is 9.53 Å². The quantitative estimate of drug-likeness (QED) is 0.766. The van der Waals surface area contributed by atoms with Crippen LogP contribution in [0.5, 0.6) is 0 Å². The van der Waals surface area contributed by atoms with E-state index < -0.39 is 0 Å². The van der Waals surface area contributed by atoms with Gasteiger partial charge in [0.1, 0.15) is 6.10 Å². The highest BCUT2D eigenvalue weighted by atomic mass is 79.9. The molecule has 0 aromatic heterocycles. The van der Waals surface area contributed by atoms with Crippen molar-refractivity contribution in [1.29, 1.82) is 0 Å². The zero-order valence-electron chi connectivity index (χ0n) is 11.1. The third-order valence-electron chi connectivity index (χ3n) is 3.25. The van der Waals surface area contributed by atoms with Crippen LogP contribution in [0, 0.1) is 5.41 Å². The number of carbonyl (C=O) groups is 1. The summed E-state index contributed by atoms with van der Waals surface area (Å²) in [6.45, 7) is 7.13. The van der Waals surface area contributed by atoms with Crippen LogP contribution < -0.4 is 5.32 Å². The summed E-state index contributed by atoms with van der Waals surface area (Å²) in [5, 5.41) is 4.04. The molecule has 2 atom stereocenters. The molecule has 1 aliphatic rings. The smallest absolute Gasteiger partial charge is 0.249 e. The molecule has 100 valence electrons. The highest BCUT2D eigenvalue weighted by Gasteiger charge is 2.29. The number of carbonyl (C=O) groups excluding carboxylic acids is 1. The lowest BCUT2D eigenvalue weighted by Crippen LogP contribution is -2.40. The predicted molar refractivity (Wildman–Crippen MR) is 73.4 cm³/mol. The lowest BCUT2D eigenvalue weighted by molar-refractivity contribution is -0.132. The zero-order chi connectivity index (χ0) is 12.9. The minimum Gasteiger partial charge on any atom is -0.365 e. The summed E-state index contributed by atoms with van der Waals surface area (Å²) in [4.78, 5) is 11.9. The molecule has 0 aromatic carbocycles. The monoisotopic (exact) mass is 305 g/mol. The topological polar surface area (TPSA) is 38.3 Å². The maximum atomic E-state index is 11.9. The summed E-state index contributed by atoms with van der Waals surface area (Å²) in [5.41, 5.74) is 0.160. The van der Waals surface area contributed by atoms with Crippen LogP contribution in [0.15, 0.2) is 0 Å². The molecule has 1 aliphatic heterocycles. The van der Waals surface area contributed by atoms with Crippen LogP contribution in [-0.4, -0.2) is 30.0 Å². The molecule has 4 heteroatoms. The molecule has 0 aromatic rings. The van der Waals surface area contributed by atoms with Crippen molar-refractivity contribution >= 4 is 21.8 Å². The Morgan fingerprint density at radius 1 is 1.47 bits per heavy atom. The van der Waals surface area contributed by atoms with Gasteiger partial charge in [-0.15, -0.1) is 0 Å². The Kier molecular flexibility index (Phi) is 5.93. The second-order valence-corrected chi connectivity index (χ2v) is 6.48. The summed E-state index contributed by atoms with van der Waals surface area (Å²) in [6, 6.07) is 0. The van der Waals surface area contributed by atoms with Crippen LogP contribution in [0.4, 0.5) is 0 Å². The number of rotatable bonds is 6. The van der Waals surface area contributed by atoms with Gasteiger partial charge in [-0.05, 0) is 38.0 Å². The van der Waals surface area contributed by atoms with E-state index in [1.807, 2.05) is 6.92 Å². The maximum absolute atomic E-state index is 11.9. The van der Waals surface area contributed by atoms with Crippen LogP contribution in [0.3, 0.4) is 0 Å². The molecule has 0 bridgehead atoms. The number of hydrogen-bond donors (Lipinski definition) is 1. The normalized spacial score (nSPS) is 24.9. The van der Waals surface area contributed by atoms with Crippen molar-refractivity contribution in [3.05, 3.63) is 0 Å². The molecule has 1 saturated heterocycles. The fraction of sp³-hybridized carbons (Fsp3) is 0.923. The van der Waals surface area contributed by atoms with E-state index in [0.29, 0.717) is 0 Å². The van der Waals surface area contributed by atoms with Gasteiger partial charge in [0.05, 0.1) is 6.10 Å². The molecular weight excluding hydrogens is 282 g/mol. The fourth-order valence-corrected chi connectivity index (χ4v) is 2.35. The predicted octanol–water partition coefficient (Wildman–Crippen LogP) is 2.87. The molecule has 1 heterocycles. The van der Waals surface area contributed by atoms with Gasteiger partial charge in [0, 0.05) is 11.9 Å². The van der Waals surface area contributed by atoms with E-state index in [1.54, 1.807) is 0 Å². The van der Waals surface area contributed by atoms with Gasteiger partial charge in [-0.25, -0.2) is 0 Å². The number of nitrogens with one attached hydrogen (secondary N) is 1. The van der Waals surface area contributed by atoms with Gasteiger partial charge < -0.3 is 10.1 Å².